The molecule has 1 heterocycles. The van der Waals surface area contributed by atoms with Gasteiger partial charge in [0.25, 0.3) is 0 Å². The number of aromatic amines is 1. The summed E-state index contributed by atoms with van der Waals surface area (Å²) >= 11 is 5.89. The Kier molecular flexibility index (Phi) is 3.13. The fraction of sp³-hybridized carbons (Fsp3) is 0.133. The molecule has 0 unspecified atom stereocenters. The molecule has 96 valence electrons. The molecule has 0 radical (unpaired) electrons. The summed E-state index contributed by atoms with van der Waals surface area (Å²) in [5.74, 6) is 1.62. The van der Waals surface area contributed by atoms with Crippen molar-refractivity contribution in [2.45, 2.75) is 6.92 Å². The molecule has 0 aliphatic rings. The van der Waals surface area contributed by atoms with Crippen LogP contribution in [0.2, 0.25) is 5.02 Å². The van der Waals surface area contributed by atoms with Gasteiger partial charge in [-0.3, -0.25) is 0 Å². The van der Waals surface area contributed by atoms with E-state index in [9.17, 15) is 0 Å². The zero-order chi connectivity index (χ0) is 13.2. The number of fused-ring (bicyclic) bond motifs is 1. The molecule has 19 heavy (non-hydrogen) atoms. The monoisotopic (exact) mass is 272 g/mol. The first-order chi connectivity index (χ1) is 9.28. The molecule has 0 saturated heterocycles. The van der Waals surface area contributed by atoms with E-state index >= 15 is 0 Å². The third kappa shape index (κ3) is 2.29. The van der Waals surface area contributed by atoms with Gasteiger partial charge in [0.1, 0.15) is 17.1 Å². The Morgan fingerprint density at radius 1 is 1.16 bits per heavy atom. The Hall–Kier alpha value is -2.00. The second kappa shape index (κ2) is 4.94. The fourth-order valence-corrected chi connectivity index (χ4v) is 2.15. The molecule has 3 aromatic rings. The second-order valence-electron chi connectivity index (χ2n) is 4.18. The minimum atomic E-state index is 0.627. The molecule has 4 heteroatoms. The van der Waals surface area contributed by atoms with Gasteiger partial charge in [0.05, 0.1) is 12.1 Å². The van der Waals surface area contributed by atoms with Crippen LogP contribution in [-0.4, -0.2) is 16.6 Å². The van der Waals surface area contributed by atoms with Crippen molar-refractivity contribution in [1.82, 2.24) is 9.97 Å². The van der Waals surface area contributed by atoms with E-state index < -0.39 is 0 Å². The van der Waals surface area contributed by atoms with Crippen LogP contribution in [-0.2, 0) is 0 Å². The van der Waals surface area contributed by atoms with Crippen molar-refractivity contribution in [1.29, 1.82) is 0 Å². The molecule has 0 spiro atoms. The molecule has 1 N–H and O–H groups in total. The van der Waals surface area contributed by atoms with Gasteiger partial charge in [0, 0.05) is 10.6 Å². The van der Waals surface area contributed by atoms with Crippen LogP contribution in [0.3, 0.4) is 0 Å². The maximum atomic E-state index is 5.89. The fourth-order valence-electron chi connectivity index (χ4n) is 2.02. The van der Waals surface area contributed by atoms with E-state index in [-0.39, 0.29) is 0 Å². The minimum Gasteiger partial charge on any atom is -0.492 e. The number of hydrogen-bond acceptors (Lipinski definition) is 2. The van der Waals surface area contributed by atoms with Gasteiger partial charge in [-0.15, -0.1) is 0 Å². The lowest BCUT2D eigenvalue weighted by Gasteiger charge is -2.01. The standard InChI is InChI=1S/C15H13ClN2O/c1-2-19-13-5-3-4-12-14(13)18-15(17-12)10-6-8-11(16)9-7-10/h3-9H,2H2,1H3,(H,17,18). The highest BCUT2D eigenvalue weighted by Gasteiger charge is 2.09. The Bertz CT molecular complexity index is 704. The van der Waals surface area contributed by atoms with Crippen LogP contribution in [0.15, 0.2) is 42.5 Å². The smallest absolute Gasteiger partial charge is 0.147 e. The predicted octanol–water partition coefficient (Wildman–Crippen LogP) is 4.28. The van der Waals surface area contributed by atoms with Crippen molar-refractivity contribution in [3.8, 4) is 17.1 Å². The third-order valence-corrected chi connectivity index (χ3v) is 3.15. The normalized spacial score (nSPS) is 10.8. The molecule has 0 fully saturated rings. The Labute approximate surface area is 116 Å². The van der Waals surface area contributed by atoms with Gasteiger partial charge in [0.2, 0.25) is 0 Å². The van der Waals surface area contributed by atoms with Gasteiger partial charge in [-0.25, -0.2) is 4.98 Å². The third-order valence-electron chi connectivity index (χ3n) is 2.89. The predicted molar refractivity (Wildman–Crippen MR) is 77.7 cm³/mol. The highest BCUT2D eigenvalue weighted by Crippen LogP contribution is 2.27. The molecule has 0 bridgehead atoms. The summed E-state index contributed by atoms with van der Waals surface area (Å²) in [6.45, 7) is 2.59. The summed E-state index contributed by atoms with van der Waals surface area (Å²) in [6, 6.07) is 13.5. The van der Waals surface area contributed by atoms with E-state index in [0.717, 1.165) is 33.2 Å². The van der Waals surface area contributed by atoms with Crippen LogP contribution >= 0.6 is 11.6 Å². The van der Waals surface area contributed by atoms with Crippen molar-refractivity contribution >= 4 is 22.6 Å². The summed E-state index contributed by atoms with van der Waals surface area (Å²) in [7, 11) is 0. The number of imidazole rings is 1. The topological polar surface area (TPSA) is 37.9 Å². The van der Waals surface area contributed by atoms with Crippen LogP contribution in [0.25, 0.3) is 22.4 Å². The van der Waals surface area contributed by atoms with Crippen LogP contribution in [0.5, 0.6) is 5.75 Å². The average molecular weight is 273 g/mol. The highest BCUT2D eigenvalue weighted by atomic mass is 35.5. The van der Waals surface area contributed by atoms with Crippen molar-refractivity contribution in [2.75, 3.05) is 6.61 Å². The number of rotatable bonds is 3. The number of hydrogen-bond donors (Lipinski definition) is 1. The van der Waals surface area contributed by atoms with Crippen molar-refractivity contribution in [3.05, 3.63) is 47.5 Å². The molecule has 3 nitrogen and oxygen atoms in total. The number of halogens is 1. The molecule has 0 aliphatic heterocycles. The molecule has 0 aliphatic carbocycles. The number of aromatic nitrogens is 2. The van der Waals surface area contributed by atoms with Gasteiger partial charge in [-0.05, 0) is 43.3 Å². The van der Waals surface area contributed by atoms with Gasteiger partial charge < -0.3 is 9.72 Å². The number of H-pyrrole nitrogens is 1. The molecule has 0 atom stereocenters. The quantitative estimate of drug-likeness (QED) is 0.773. The number of benzene rings is 2. The number of para-hydroxylation sites is 1. The van der Waals surface area contributed by atoms with Crippen LogP contribution in [0.1, 0.15) is 6.92 Å². The van der Waals surface area contributed by atoms with E-state index in [4.69, 9.17) is 16.3 Å². The van der Waals surface area contributed by atoms with Gasteiger partial charge in [-0.1, -0.05) is 17.7 Å². The van der Waals surface area contributed by atoms with Crippen molar-refractivity contribution in [2.24, 2.45) is 0 Å². The van der Waals surface area contributed by atoms with Crippen molar-refractivity contribution < 1.29 is 4.74 Å². The summed E-state index contributed by atoms with van der Waals surface area (Å²) in [4.78, 5) is 7.90. The minimum absolute atomic E-state index is 0.627. The van der Waals surface area contributed by atoms with Crippen LogP contribution in [0, 0.1) is 0 Å². The number of nitrogens with zero attached hydrogens (tertiary/aromatic N) is 1. The lowest BCUT2D eigenvalue weighted by molar-refractivity contribution is 0.344. The molecule has 0 amide bonds. The molecular weight excluding hydrogens is 260 g/mol. The average Bonchev–Trinajstić information content (AvgIpc) is 2.85. The van der Waals surface area contributed by atoms with Crippen LogP contribution < -0.4 is 4.74 Å². The van der Waals surface area contributed by atoms with E-state index in [2.05, 4.69) is 9.97 Å². The van der Waals surface area contributed by atoms with E-state index in [0.29, 0.717) is 6.61 Å². The first-order valence-electron chi connectivity index (χ1n) is 6.15. The molecule has 3 rings (SSSR count). The Morgan fingerprint density at radius 2 is 1.95 bits per heavy atom. The van der Waals surface area contributed by atoms with Gasteiger partial charge in [-0.2, -0.15) is 0 Å². The van der Waals surface area contributed by atoms with Crippen molar-refractivity contribution in [3.63, 3.8) is 0 Å². The molecule has 2 aromatic carbocycles. The van der Waals surface area contributed by atoms with E-state index in [1.165, 1.54) is 0 Å². The lowest BCUT2D eigenvalue weighted by Crippen LogP contribution is -1.91. The zero-order valence-electron chi connectivity index (χ0n) is 10.5. The largest absolute Gasteiger partial charge is 0.492 e. The first kappa shape index (κ1) is 12.1. The number of ether oxygens (including phenoxy) is 1. The maximum Gasteiger partial charge on any atom is 0.147 e. The SMILES string of the molecule is CCOc1cccc2[nH]c(-c3ccc(Cl)cc3)nc12. The highest BCUT2D eigenvalue weighted by molar-refractivity contribution is 6.30. The Morgan fingerprint density at radius 3 is 2.68 bits per heavy atom. The number of nitrogens with one attached hydrogen (secondary N) is 1. The second-order valence-corrected chi connectivity index (χ2v) is 4.61. The van der Waals surface area contributed by atoms with Crippen LogP contribution in [0.4, 0.5) is 0 Å². The van der Waals surface area contributed by atoms with E-state index in [1.807, 2.05) is 49.4 Å². The molecule has 0 saturated carbocycles. The van der Waals surface area contributed by atoms with Gasteiger partial charge in [0.15, 0.2) is 0 Å². The maximum absolute atomic E-state index is 5.89. The molecule has 1 aromatic heterocycles. The summed E-state index contributed by atoms with van der Waals surface area (Å²) < 4.78 is 5.58. The summed E-state index contributed by atoms with van der Waals surface area (Å²) in [6.07, 6.45) is 0. The molecular formula is C15H13ClN2O. The Balaban J connectivity index is 2.11. The van der Waals surface area contributed by atoms with E-state index in [1.54, 1.807) is 0 Å². The summed E-state index contributed by atoms with van der Waals surface area (Å²) in [5.41, 5.74) is 2.83. The lowest BCUT2D eigenvalue weighted by atomic mass is 10.2. The zero-order valence-corrected chi connectivity index (χ0v) is 11.2. The first-order valence-corrected chi connectivity index (χ1v) is 6.53. The summed E-state index contributed by atoms with van der Waals surface area (Å²) in [5, 5.41) is 0.717. The van der Waals surface area contributed by atoms with Gasteiger partial charge >= 0.3 is 0 Å².